The molecule has 27 heavy (non-hydrogen) atoms. The minimum absolute atomic E-state index is 0.193. The summed E-state index contributed by atoms with van der Waals surface area (Å²) in [6.07, 6.45) is 0. The number of nitrogens with zero attached hydrogens (tertiary/aromatic N) is 1. The van der Waals surface area contributed by atoms with E-state index in [2.05, 4.69) is 21.0 Å². The van der Waals surface area contributed by atoms with Gasteiger partial charge in [0.05, 0.1) is 7.11 Å². The largest absolute Gasteiger partial charge is 0.468 e. The molecule has 6 nitrogen and oxygen atoms in total. The lowest BCUT2D eigenvalue weighted by atomic mass is 10.1. The molecule has 1 N–H and O–H groups in total. The summed E-state index contributed by atoms with van der Waals surface area (Å²) in [6.45, 7) is 4.00. The predicted octanol–water partition coefficient (Wildman–Crippen LogP) is 4.66. The molecule has 1 heterocycles. The van der Waals surface area contributed by atoms with Gasteiger partial charge < -0.3 is 9.26 Å². The first-order valence-electron chi connectivity index (χ1n) is 8.60. The Kier molecular flexibility index (Phi) is 6.06. The Bertz CT molecular complexity index is 877. The third-order valence-corrected chi connectivity index (χ3v) is 7.37. The van der Waals surface area contributed by atoms with E-state index in [1.807, 2.05) is 49.4 Å². The van der Waals surface area contributed by atoms with Gasteiger partial charge in [0.1, 0.15) is 11.8 Å². The number of hydrogen-bond acceptors (Lipinski definition) is 4. The number of halogens is 1. The zero-order valence-electron chi connectivity index (χ0n) is 15.4. The smallest absolute Gasteiger partial charge is 0.394 e. The topological polar surface area (TPSA) is 67.9 Å². The van der Waals surface area contributed by atoms with Gasteiger partial charge in [-0.3, -0.25) is 4.79 Å². The summed E-state index contributed by atoms with van der Waals surface area (Å²) < 4.78 is 27.2. The van der Waals surface area contributed by atoms with E-state index in [4.69, 9.17) is 9.26 Å². The molecule has 0 saturated heterocycles. The third-order valence-electron chi connectivity index (χ3n) is 4.56. The highest BCUT2D eigenvalue weighted by atomic mass is 79.9. The summed E-state index contributed by atoms with van der Waals surface area (Å²) >= 11 is 3.47. The molecule has 0 fully saturated rings. The fraction of sp³-hybridized carbons (Fsp3) is 0.316. The van der Waals surface area contributed by atoms with Gasteiger partial charge in [-0.15, -0.1) is 0 Å². The van der Waals surface area contributed by atoms with Gasteiger partial charge in [-0.2, -0.15) is 4.67 Å². The normalized spacial score (nSPS) is 21.6. The van der Waals surface area contributed by atoms with Crippen molar-refractivity contribution in [1.29, 1.82) is 0 Å². The fourth-order valence-corrected chi connectivity index (χ4v) is 5.74. The average molecular weight is 453 g/mol. The van der Waals surface area contributed by atoms with Gasteiger partial charge in [0.15, 0.2) is 0 Å². The Labute approximate surface area is 167 Å². The SMILES string of the molecule is COC(=O)C(C)NP1(=O)Oc2ccc(Br)cc2CN1C(C)c1ccccc1. The Balaban J connectivity index is 2.00. The van der Waals surface area contributed by atoms with Crippen molar-refractivity contribution in [2.75, 3.05) is 7.11 Å². The van der Waals surface area contributed by atoms with Crippen molar-refractivity contribution in [3.05, 3.63) is 64.1 Å². The Morgan fingerprint density at radius 3 is 2.63 bits per heavy atom. The summed E-state index contributed by atoms with van der Waals surface area (Å²) in [5.41, 5.74) is 1.93. The van der Waals surface area contributed by atoms with E-state index in [-0.39, 0.29) is 6.04 Å². The maximum Gasteiger partial charge on any atom is 0.394 e. The molecule has 8 heteroatoms. The lowest BCUT2D eigenvalue weighted by molar-refractivity contribution is -0.142. The molecule has 3 rings (SSSR count). The zero-order valence-corrected chi connectivity index (χ0v) is 17.9. The number of carbonyl (C=O) groups is 1. The van der Waals surface area contributed by atoms with Gasteiger partial charge in [0.25, 0.3) is 0 Å². The number of nitrogens with one attached hydrogen (secondary N) is 1. The van der Waals surface area contributed by atoms with Crippen LogP contribution in [0.1, 0.15) is 31.0 Å². The van der Waals surface area contributed by atoms with Gasteiger partial charge >= 0.3 is 13.6 Å². The number of esters is 1. The van der Waals surface area contributed by atoms with Crippen molar-refractivity contribution < 1.29 is 18.6 Å². The molecule has 3 atom stereocenters. The molecule has 1 aliphatic heterocycles. The summed E-state index contributed by atoms with van der Waals surface area (Å²) in [5, 5.41) is 2.88. The second kappa shape index (κ2) is 8.15. The molecule has 0 aromatic heterocycles. The van der Waals surface area contributed by atoms with Crippen LogP contribution in [0.15, 0.2) is 53.0 Å². The molecule has 0 aliphatic carbocycles. The molecular formula is C19H22BrN2O4P. The standard InChI is InChI=1S/C19H22BrN2O4P/c1-13(19(23)25-3)21-27(24)22(14(2)15-7-5-4-6-8-15)12-16-11-17(20)9-10-18(16)26-27/h4-11,13-14H,12H2,1-3H3,(H,21,24). The number of rotatable bonds is 5. The van der Waals surface area contributed by atoms with Gasteiger partial charge in [0, 0.05) is 22.6 Å². The summed E-state index contributed by atoms with van der Waals surface area (Å²) in [7, 11) is -2.25. The monoisotopic (exact) mass is 452 g/mol. The molecule has 0 amide bonds. The van der Waals surface area contributed by atoms with Crippen molar-refractivity contribution in [2.24, 2.45) is 0 Å². The minimum Gasteiger partial charge on any atom is -0.468 e. The van der Waals surface area contributed by atoms with E-state index in [1.165, 1.54) is 7.11 Å². The minimum atomic E-state index is -3.55. The summed E-state index contributed by atoms with van der Waals surface area (Å²) in [6, 6.07) is 14.4. The Hall–Kier alpha value is -1.66. The van der Waals surface area contributed by atoms with Gasteiger partial charge in [-0.25, -0.2) is 9.65 Å². The Morgan fingerprint density at radius 1 is 1.26 bits per heavy atom. The predicted molar refractivity (Wildman–Crippen MR) is 107 cm³/mol. The lowest BCUT2D eigenvalue weighted by Crippen LogP contribution is -2.42. The molecule has 0 bridgehead atoms. The molecule has 2 aromatic carbocycles. The summed E-state index contributed by atoms with van der Waals surface area (Å²) in [4.78, 5) is 11.9. The highest BCUT2D eigenvalue weighted by Gasteiger charge is 2.43. The van der Waals surface area contributed by atoms with E-state index in [0.717, 1.165) is 15.6 Å². The number of ether oxygens (including phenoxy) is 1. The van der Waals surface area contributed by atoms with Crippen molar-refractivity contribution in [1.82, 2.24) is 9.76 Å². The highest BCUT2D eigenvalue weighted by Crippen LogP contribution is 2.57. The first-order valence-corrected chi connectivity index (χ1v) is 11.0. The van der Waals surface area contributed by atoms with E-state index in [0.29, 0.717) is 12.3 Å². The maximum atomic E-state index is 13.8. The van der Waals surface area contributed by atoms with E-state index >= 15 is 0 Å². The molecule has 2 aromatic rings. The molecule has 0 spiro atoms. The van der Waals surface area contributed by atoms with Crippen molar-refractivity contribution in [3.8, 4) is 5.75 Å². The van der Waals surface area contributed by atoms with Crippen molar-refractivity contribution in [3.63, 3.8) is 0 Å². The van der Waals surface area contributed by atoms with E-state index < -0.39 is 19.7 Å². The van der Waals surface area contributed by atoms with Crippen LogP contribution in [0.5, 0.6) is 5.75 Å². The van der Waals surface area contributed by atoms with Crippen LogP contribution in [0.25, 0.3) is 0 Å². The van der Waals surface area contributed by atoms with E-state index in [9.17, 15) is 9.36 Å². The number of fused-ring (bicyclic) bond motifs is 1. The number of hydrogen-bond donors (Lipinski definition) is 1. The second-order valence-corrected chi connectivity index (χ2v) is 9.33. The number of carbonyl (C=O) groups excluding carboxylic acids is 1. The van der Waals surface area contributed by atoms with E-state index in [1.54, 1.807) is 17.7 Å². The second-order valence-electron chi connectivity index (χ2n) is 6.42. The van der Waals surface area contributed by atoms with Gasteiger partial charge in [-0.05, 0) is 37.6 Å². The number of benzene rings is 2. The first-order chi connectivity index (χ1) is 12.8. The molecule has 0 saturated carbocycles. The van der Waals surface area contributed by atoms with Crippen LogP contribution < -0.4 is 9.61 Å². The van der Waals surface area contributed by atoms with Crippen molar-refractivity contribution >= 4 is 29.6 Å². The number of methoxy groups -OCH3 is 1. The molecular weight excluding hydrogens is 431 g/mol. The molecule has 144 valence electrons. The fourth-order valence-electron chi connectivity index (χ4n) is 3.06. The summed E-state index contributed by atoms with van der Waals surface area (Å²) in [5.74, 6) is 0.0466. The van der Waals surface area contributed by atoms with Crippen LogP contribution in [0.2, 0.25) is 0 Å². The maximum absolute atomic E-state index is 13.8. The van der Waals surface area contributed by atoms with Crippen LogP contribution in [-0.2, 0) is 20.6 Å². The van der Waals surface area contributed by atoms with Crippen LogP contribution >= 0.6 is 23.6 Å². The zero-order chi connectivity index (χ0) is 19.6. The highest BCUT2D eigenvalue weighted by molar-refractivity contribution is 9.10. The lowest BCUT2D eigenvalue weighted by Gasteiger charge is -2.40. The van der Waals surface area contributed by atoms with Gasteiger partial charge in [-0.1, -0.05) is 46.3 Å². The quantitative estimate of drug-likeness (QED) is 0.525. The van der Waals surface area contributed by atoms with Crippen molar-refractivity contribution in [2.45, 2.75) is 32.5 Å². The van der Waals surface area contributed by atoms with Crippen LogP contribution in [-0.4, -0.2) is 23.8 Å². The molecule has 3 unspecified atom stereocenters. The molecule has 1 aliphatic rings. The molecule has 0 radical (unpaired) electrons. The Morgan fingerprint density at radius 2 is 1.96 bits per heavy atom. The first kappa shape index (κ1) is 20.1. The van der Waals surface area contributed by atoms with Crippen LogP contribution in [0.4, 0.5) is 0 Å². The average Bonchev–Trinajstić information content (AvgIpc) is 2.67. The van der Waals surface area contributed by atoms with Gasteiger partial charge in [0.2, 0.25) is 0 Å². The van der Waals surface area contributed by atoms with Crippen LogP contribution in [0, 0.1) is 0 Å². The van der Waals surface area contributed by atoms with Crippen LogP contribution in [0.3, 0.4) is 0 Å². The third kappa shape index (κ3) is 4.27.